The Morgan fingerprint density at radius 3 is 2.74 bits per heavy atom. The molecule has 0 spiro atoms. The summed E-state index contributed by atoms with van der Waals surface area (Å²) in [6.45, 7) is 6.97. The average molecular weight is 371 g/mol. The molecule has 0 aromatic heterocycles. The van der Waals surface area contributed by atoms with E-state index in [2.05, 4.69) is 33.8 Å². The van der Waals surface area contributed by atoms with Crippen molar-refractivity contribution in [2.24, 2.45) is 5.92 Å². The molecule has 0 N–H and O–H groups in total. The maximum atomic E-state index is 13.1. The summed E-state index contributed by atoms with van der Waals surface area (Å²) in [6, 6.07) is 7.14. The lowest BCUT2D eigenvalue weighted by atomic mass is 9.75. The molecular weight excluding hydrogens is 342 g/mol. The summed E-state index contributed by atoms with van der Waals surface area (Å²) in [7, 11) is 2.03. The van der Waals surface area contributed by atoms with Crippen LogP contribution in [-0.2, 0) is 4.79 Å². The molecule has 2 bridgehead atoms. The van der Waals surface area contributed by atoms with Crippen LogP contribution in [-0.4, -0.2) is 79.3 Å². The molecule has 5 heterocycles. The molecule has 6 nitrogen and oxygen atoms in total. The number of fused-ring (bicyclic) bond motifs is 3. The van der Waals surface area contributed by atoms with Gasteiger partial charge in [0.05, 0.1) is 12.6 Å². The monoisotopic (exact) mass is 371 g/mol. The standard InChI is InChI=1S/C21H29N3O3/c1-3-22(2)12-19(25)24-11-16(15-4-5-17-18(10-15)27-13-26-17)21-20(24)14-6-8-23(21)9-7-14/h4-5,10,14,16,20-21H,3,6-9,11-13H2,1-2H3/t16-,20+,21+/m1/s1. The molecule has 5 aliphatic rings. The molecule has 0 saturated carbocycles. The third-order valence-electron chi connectivity index (χ3n) is 7.08. The van der Waals surface area contributed by atoms with Crippen LogP contribution in [0, 0.1) is 5.92 Å². The molecular formula is C21H29N3O3. The molecule has 1 aromatic rings. The van der Waals surface area contributed by atoms with Crippen LogP contribution >= 0.6 is 0 Å². The van der Waals surface area contributed by atoms with Crippen LogP contribution in [0.2, 0.25) is 0 Å². The second-order valence-corrected chi connectivity index (χ2v) is 8.45. The van der Waals surface area contributed by atoms with Crippen LogP contribution in [0.4, 0.5) is 0 Å². The number of rotatable bonds is 4. The zero-order valence-electron chi connectivity index (χ0n) is 16.3. The third-order valence-corrected chi connectivity index (χ3v) is 7.08. The lowest BCUT2D eigenvalue weighted by molar-refractivity contribution is -0.136. The summed E-state index contributed by atoms with van der Waals surface area (Å²) < 4.78 is 11.1. The Bertz CT molecular complexity index is 731. The topological polar surface area (TPSA) is 45.3 Å². The number of carbonyl (C=O) groups is 1. The van der Waals surface area contributed by atoms with Crippen LogP contribution in [0.5, 0.6) is 11.5 Å². The van der Waals surface area contributed by atoms with E-state index in [0.29, 0.717) is 37.3 Å². The first-order valence-electron chi connectivity index (χ1n) is 10.3. The second kappa shape index (κ2) is 6.67. The van der Waals surface area contributed by atoms with Gasteiger partial charge in [-0.1, -0.05) is 13.0 Å². The minimum atomic E-state index is 0.284. The van der Waals surface area contributed by atoms with Crippen molar-refractivity contribution in [2.75, 3.05) is 46.6 Å². The van der Waals surface area contributed by atoms with E-state index in [-0.39, 0.29) is 5.91 Å². The summed E-state index contributed by atoms with van der Waals surface area (Å²) in [4.78, 5) is 20.1. The summed E-state index contributed by atoms with van der Waals surface area (Å²) in [6.07, 6.45) is 2.45. The van der Waals surface area contributed by atoms with Gasteiger partial charge in [-0.25, -0.2) is 0 Å². The summed E-state index contributed by atoms with van der Waals surface area (Å²) in [5.74, 6) is 2.96. The SMILES string of the molecule is CCN(C)CC(=O)N1C[C@H](c2ccc3c(c2)OCO3)[C@H]2[C@@H]1C1CCN2CC1. The molecule has 27 heavy (non-hydrogen) atoms. The van der Waals surface area contributed by atoms with Gasteiger partial charge in [0.15, 0.2) is 11.5 Å². The summed E-state index contributed by atoms with van der Waals surface area (Å²) in [5.41, 5.74) is 1.28. The van der Waals surface area contributed by atoms with Crippen LogP contribution in [0.15, 0.2) is 18.2 Å². The molecule has 1 amide bonds. The number of likely N-dealkylation sites (N-methyl/N-ethyl adjacent to an activating group) is 1. The Balaban J connectivity index is 1.46. The van der Waals surface area contributed by atoms with Gasteiger partial charge < -0.3 is 14.4 Å². The van der Waals surface area contributed by atoms with Crippen molar-refractivity contribution in [3.05, 3.63) is 23.8 Å². The molecule has 6 rings (SSSR count). The van der Waals surface area contributed by atoms with Crippen molar-refractivity contribution >= 4 is 5.91 Å². The Kier molecular flexibility index (Phi) is 4.28. The van der Waals surface area contributed by atoms with E-state index in [1.807, 2.05) is 13.1 Å². The molecule has 4 saturated heterocycles. The van der Waals surface area contributed by atoms with Crippen LogP contribution in [0.25, 0.3) is 0 Å². The number of hydrogen-bond donors (Lipinski definition) is 0. The van der Waals surface area contributed by atoms with Crippen LogP contribution in [0.1, 0.15) is 31.2 Å². The Morgan fingerprint density at radius 1 is 1.19 bits per heavy atom. The van der Waals surface area contributed by atoms with Crippen molar-refractivity contribution in [3.8, 4) is 11.5 Å². The second-order valence-electron chi connectivity index (χ2n) is 8.45. The number of ether oxygens (including phenoxy) is 2. The van der Waals surface area contributed by atoms with Crippen molar-refractivity contribution in [3.63, 3.8) is 0 Å². The van der Waals surface area contributed by atoms with Gasteiger partial charge in [-0.2, -0.15) is 0 Å². The van der Waals surface area contributed by atoms with E-state index in [1.165, 1.54) is 31.5 Å². The highest BCUT2D eigenvalue weighted by atomic mass is 16.7. The highest BCUT2D eigenvalue weighted by Crippen LogP contribution is 2.47. The Hall–Kier alpha value is -1.79. The number of piperidine rings is 3. The van der Waals surface area contributed by atoms with Crippen molar-refractivity contribution in [1.82, 2.24) is 14.7 Å². The number of hydrogen-bond acceptors (Lipinski definition) is 5. The van der Waals surface area contributed by atoms with Gasteiger partial charge in [0, 0.05) is 18.5 Å². The molecule has 0 aliphatic carbocycles. The largest absolute Gasteiger partial charge is 0.454 e. The number of likely N-dealkylation sites (tertiary alicyclic amines) is 1. The number of benzene rings is 1. The normalized spacial score (nSPS) is 33.6. The van der Waals surface area contributed by atoms with Crippen molar-refractivity contribution in [1.29, 1.82) is 0 Å². The van der Waals surface area contributed by atoms with E-state index in [1.54, 1.807) is 0 Å². The summed E-state index contributed by atoms with van der Waals surface area (Å²) in [5, 5.41) is 0. The predicted octanol–water partition coefficient (Wildman–Crippen LogP) is 1.76. The molecule has 1 aromatic carbocycles. The fourth-order valence-electron chi connectivity index (χ4n) is 5.57. The quantitative estimate of drug-likeness (QED) is 0.807. The van der Waals surface area contributed by atoms with E-state index >= 15 is 0 Å². The Morgan fingerprint density at radius 2 is 1.96 bits per heavy atom. The van der Waals surface area contributed by atoms with E-state index < -0.39 is 0 Å². The lowest BCUT2D eigenvalue weighted by Crippen LogP contribution is -2.61. The summed E-state index contributed by atoms with van der Waals surface area (Å²) >= 11 is 0. The molecule has 4 fully saturated rings. The van der Waals surface area contributed by atoms with E-state index in [9.17, 15) is 4.79 Å². The number of carbonyl (C=O) groups excluding carboxylic acids is 1. The van der Waals surface area contributed by atoms with Crippen molar-refractivity contribution in [2.45, 2.75) is 37.8 Å². The van der Waals surface area contributed by atoms with Gasteiger partial charge in [-0.15, -0.1) is 0 Å². The van der Waals surface area contributed by atoms with Gasteiger partial charge in [0.25, 0.3) is 0 Å². The first-order chi connectivity index (χ1) is 13.2. The fourth-order valence-corrected chi connectivity index (χ4v) is 5.57. The first kappa shape index (κ1) is 17.3. The Labute approximate surface area is 161 Å². The van der Waals surface area contributed by atoms with Gasteiger partial charge in [0.2, 0.25) is 12.7 Å². The molecule has 0 radical (unpaired) electrons. The fraction of sp³-hybridized carbons (Fsp3) is 0.667. The van der Waals surface area contributed by atoms with Gasteiger partial charge in [-0.05, 0) is 63.1 Å². The molecule has 0 unspecified atom stereocenters. The molecule has 6 heteroatoms. The maximum Gasteiger partial charge on any atom is 0.237 e. The minimum Gasteiger partial charge on any atom is -0.454 e. The van der Waals surface area contributed by atoms with E-state index in [0.717, 1.165) is 24.6 Å². The highest BCUT2D eigenvalue weighted by molar-refractivity contribution is 5.79. The zero-order valence-corrected chi connectivity index (χ0v) is 16.3. The van der Waals surface area contributed by atoms with Gasteiger partial charge >= 0.3 is 0 Å². The zero-order chi connectivity index (χ0) is 18.5. The number of nitrogens with zero attached hydrogens (tertiary/aromatic N) is 3. The highest BCUT2D eigenvalue weighted by Gasteiger charge is 2.54. The molecule has 5 aliphatic heterocycles. The minimum absolute atomic E-state index is 0.284. The van der Waals surface area contributed by atoms with Crippen molar-refractivity contribution < 1.29 is 14.3 Å². The van der Waals surface area contributed by atoms with Crippen LogP contribution < -0.4 is 9.47 Å². The van der Waals surface area contributed by atoms with Crippen LogP contribution in [0.3, 0.4) is 0 Å². The number of amides is 1. The smallest absolute Gasteiger partial charge is 0.237 e. The predicted molar refractivity (Wildman–Crippen MR) is 102 cm³/mol. The van der Waals surface area contributed by atoms with Gasteiger partial charge in [-0.3, -0.25) is 14.6 Å². The van der Waals surface area contributed by atoms with Gasteiger partial charge in [0.1, 0.15) is 0 Å². The maximum absolute atomic E-state index is 13.1. The third kappa shape index (κ3) is 2.81. The average Bonchev–Trinajstić information content (AvgIpc) is 3.34. The molecule has 146 valence electrons. The van der Waals surface area contributed by atoms with E-state index in [4.69, 9.17) is 9.47 Å². The molecule has 3 atom stereocenters. The lowest BCUT2D eigenvalue weighted by Gasteiger charge is -2.51. The first-order valence-corrected chi connectivity index (χ1v) is 10.3.